The number of hydrogen-bond donors (Lipinski definition) is 2. The highest BCUT2D eigenvalue weighted by Crippen LogP contribution is 2.38. The number of aryl methyl sites for hydroxylation is 1. The molecule has 0 amide bonds. The number of benzene rings is 1. The third kappa shape index (κ3) is 3.20. The van der Waals surface area contributed by atoms with E-state index in [1.165, 1.54) is 16.8 Å². The van der Waals surface area contributed by atoms with Crippen molar-refractivity contribution in [3.05, 3.63) is 34.5 Å². The maximum atomic E-state index is 11.6. The van der Waals surface area contributed by atoms with Crippen LogP contribution in [0.3, 0.4) is 0 Å². The molecule has 1 heterocycles. The summed E-state index contributed by atoms with van der Waals surface area (Å²) in [5.74, 6) is -0.873. The number of rotatable bonds is 5. The van der Waals surface area contributed by atoms with Crippen LogP contribution in [-0.4, -0.2) is 22.2 Å². The van der Waals surface area contributed by atoms with Gasteiger partial charge in [0.05, 0.1) is 11.1 Å². The Labute approximate surface area is 144 Å². The molecule has 0 aliphatic rings. The molecule has 24 heavy (non-hydrogen) atoms. The molecule has 0 saturated heterocycles. The molecule has 4 heteroatoms. The average molecular weight is 330 g/mol. The predicted molar refractivity (Wildman–Crippen MR) is 100 cm³/mol. The molecule has 0 radical (unpaired) electrons. The zero-order valence-electron chi connectivity index (χ0n) is 15.7. The van der Waals surface area contributed by atoms with Crippen LogP contribution >= 0.6 is 0 Å². The molecule has 0 fully saturated rings. The number of nitrogens with two attached hydrogens (primary N) is 1. The molecule has 2 aromatic rings. The van der Waals surface area contributed by atoms with Gasteiger partial charge in [-0.15, -0.1) is 0 Å². The van der Waals surface area contributed by atoms with Crippen LogP contribution in [0.15, 0.2) is 12.1 Å². The molecule has 1 aromatic carbocycles. The highest BCUT2D eigenvalue weighted by Gasteiger charge is 2.26. The SMILES string of the molecule is Cc1c(CCCN)c2cc(C(=O)O)cc(C(C)(C)C)c2n1C(C)C. The Hall–Kier alpha value is -1.81. The molecule has 0 saturated carbocycles. The zero-order valence-corrected chi connectivity index (χ0v) is 15.7. The number of carboxylic acids is 1. The fourth-order valence-corrected chi connectivity index (χ4v) is 3.57. The van der Waals surface area contributed by atoms with Crippen LogP contribution in [-0.2, 0) is 11.8 Å². The zero-order chi connectivity index (χ0) is 18.2. The van der Waals surface area contributed by atoms with Gasteiger partial charge in [-0.25, -0.2) is 4.79 Å². The number of fused-ring (bicyclic) bond motifs is 1. The maximum absolute atomic E-state index is 11.6. The standard InChI is InChI=1S/C20H30N2O2/c1-12(2)22-13(3)15(8-7-9-21)16-10-14(19(23)24)11-17(18(16)22)20(4,5)6/h10-12H,7-9,21H2,1-6H3,(H,23,24). The van der Waals surface area contributed by atoms with E-state index in [0.29, 0.717) is 18.2 Å². The Bertz CT molecular complexity index is 764. The van der Waals surface area contributed by atoms with Gasteiger partial charge in [-0.1, -0.05) is 20.8 Å². The summed E-state index contributed by atoms with van der Waals surface area (Å²) >= 11 is 0. The molecular formula is C20H30N2O2. The van der Waals surface area contributed by atoms with Gasteiger partial charge in [-0.3, -0.25) is 0 Å². The number of hydrogen-bond acceptors (Lipinski definition) is 2. The summed E-state index contributed by atoms with van der Waals surface area (Å²) in [5, 5.41) is 10.6. The molecule has 0 unspecified atom stereocenters. The Morgan fingerprint density at radius 3 is 2.38 bits per heavy atom. The third-order valence-corrected chi connectivity index (χ3v) is 4.68. The minimum absolute atomic E-state index is 0.133. The quantitative estimate of drug-likeness (QED) is 0.853. The van der Waals surface area contributed by atoms with Gasteiger partial charge in [0.1, 0.15) is 0 Å². The van der Waals surface area contributed by atoms with Crippen molar-refractivity contribution < 1.29 is 9.90 Å². The van der Waals surface area contributed by atoms with Crippen LogP contribution < -0.4 is 5.73 Å². The van der Waals surface area contributed by atoms with Gasteiger partial charge in [0, 0.05) is 17.1 Å². The van der Waals surface area contributed by atoms with Gasteiger partial charge in [-0.2, -0.15) is 0 Å². The first kappa shape index (κ1) is 18.5. The first-order valence-electron chi connectivity index (χ1n) is 8.70. The number of carbonyl (C=O) groups is 1. The van der Waals surface area contributed by atoms with Gasteiger partial charge in [-0.05, 0) is 68.8 Å². The van der Waals surface area contributed by atoms with Crippen LogP contribution in [0.4, 0.5) is 0 Å². The van der Waals surface area contributed by atoms with E-state index in [1.807, 2.05) is 12.1 Å². The number of aromatic carboxylic acids is 1. The molecule has 1 aromatic heterocycles. The van der Waals surface area contributed by atoms with E-state index < -0.39 is 5.97 Å². The Morgan fingerprint density at radius 2 is 1.92 bits per heavy atom. The van der Waals surface area contributed by atoms with Gasteiger partial charge >= 0.3 is 5.97 Å². The summed E-state index contributed by atoms with van der Waals surface area (Å²) < 4.78 is 2.35. The normalized spacial score (nSPS) is 12.3. The lowest BCUT2D eigenvalue weighted by atomic mass is 9.84. The van der Waals surface area contributed by atoms with Crippen LogP contribution in [0.25, 0.3) is 10.9 Å². The molecule has 0 spiro atoms. The van der Waals surface area contributed by atoms with Gasteiger partial charge in [0.25, 0.3) is 0 Å². The van der Waals surface area contributed by atoms with E-state index in [9.17, 15) is 9.90 Å². The highest BCUT2D eigenvalue weighted by atomic mass is 16.4. The summed E-state index contributed by atoms with van der Waals surface area (Å²) in [7, 11) is 0. The molecule has 4 nitrogen and oxygen atoms in total. The molecule has 0 aliphatic heterocycles. The van der Waals surface area contributed by atoms with Crippen molar-refractivity contribution in [1.82, 2.24) is 4.57 Å². The molecule has 132 valence electrons. The third-order valence-electron chi connectivity index (χ3n) is 4.68. The van der Waals surface area contributed by atoms with Crippen LogP contribution in [0.2, 0.25) is 0 Å². The lowest BCUT2D eigenvalue weighted by molar-refractivity contribution is 0.0697. The van der Waals surface area contributed by atoms with Gasteiger partial charge in [0.2, 0.25) is 0 Å². The average Bonchev–Trinajstić information content (AvgIpc) is 2.74. The second-order valence-electron chi connectivity index (χ2n) is 7.90. The number of aromatic nitrogens is 1. The van der Waals surface area contributed by atoms with E-state index in [1.54, 1.807) is 0 Å². The molecule has 2 rings (SSSR count). The molecule has 0 atom stereocenters. The fourth-order valence-electron chi connectivity index (χ4n) is 3.57. The minimum atomic E-state index is -0.873. The summed E-state index contributed by atoms with van der Waals surface area (Å²) in [6, 6.07) is 4.00. The van der Waals surface area contributed by atoms with Crippen molar-refractivity contribution in [2.45, 2.75) is 65.8 Å². The predicted octanol–water partition coefficient (Wildman–Crippen LogP) is 4.42. The van der Waals surface area contributed by atoms with Crippen molar-refractivity contribution in [1.29, 1.82) is 0 Å². The topological polar surface area (TPSA) is 68.2 Å². The van der Waals surface area contributed by atoms with Crippen LogP contribution in [0.1, 0.15) is 74.3 Å². The van der Waals surface area contributed by atoms with Crippen LogP contribution in [0.5, 0.6) is 0 Å². The molecular weight excluding hydrogens is 300 g/mol. The highest BCUT2D eigenvalue weighted by molar-refractivity contribution is 5.97. The van der Waals surface area contributed by atoms with E-state index in [4.69, 9.17) is 5.73 Å². The molecule has 3 N–H and O–H groups in total. The lowest BCUT2D eigenvalue weighted by Crippen LogP contribution is -2.16. The van der Waals surface area contributed by atoms with E-state index in [-0.39, 0.29) is 5.41 Å². The van der Waals surface area contributed by atoms with E-state index >= 15 is 0 Å². The van der Waals surface area contributed by atoms with Gasteiger partial charge in [0.15, 0.2) is 0 Å². The fraction of sp³-hybridized carbons (Fsp3) is 0.550. The molecule has 0 bridgehead atoms. The number of nitrogens with zero attached hydrogens (tertiary/aromatic N) is 1. The number of carboxylic acid groups (broad SMARTS) is 1. The molecule has 0 aliphatic carbocycles. The first-order valence-corrected chi connectivity index (χ1v) is 8.70. The van der Waals surface area contributed by atoms with Crippen LogP contribution in [0, 0.1) is 6.92 Å². The summed E-state index contributed by atoms with van der Waals surface area (Å²) in [6.07, 6.45) is 1.78. The van der Waals surface area contributed by atoms with Gasteiger partial charge < -0.3 is 15.4 Å². The summed E-state index contributed by atoms with van der Waals surface area (Å²) in [6.45, 7) is 13.5. The summed E-state index contributed by atoms with van der Waals surface area (Å²) in [5.41, 5.74) is 10.7. The lowest BCUT2D eigenvalue weighted by Gasteiger charge is -2.24. The second kappa shape index (κ2) is 6.60. The minimum Gasteiger partial charge on any atom is -0.478 e. The van der Waals surface area contributed by atoms with Crippen molar-refractivity contribution in [3.63, 3.8) is 0 Å². The monoisotopic (exact) mass is 330 g/mol. The van der Waals surface area contributed by atoms with E-state index in [2.05, 4.69) is 46.1 Å². The second-order valence-corrected chi connectivity index (χ2v) is 7.90. The summed E-state index contributed by atoms with van der Waals surface area (Å²) in [4.78, 5) is 11.6. The Balaban J connectivity index is 2.96. The Kier molecular flexibility index (Phi) is 5.09. The van der Waals surface area contributed by atoms with Crippen molar-refractivity contribution >= 4 is 16.9 Å². The van der Waals surface area contributed by atoms with Crippen molar-refractivity contribution in [2.24, 2.45) is 5.73 Å². The Morgan fingerprint density at radius 1 is 1.29 bits per heavy atom. The smallest absolute Gasteiger partial charge is 0.335 e. The van der Waals surface area contributed by atoms with Crippen molar-refractivity contribution in [2.75, 3.05) is 6.54 Å². The van der Waals surface area contributed by atoms with E-state index in [0.717, 1.165) is 23.8 Å². The largest absolute Gasteiger partial charge is 0.478 e. The van der Waals surface area contributed by atoms with Crippen molar-refractivity contribution in [3.8, 4) is 0 Å². The first-order chi connectivity index (χ1) is 11.1. The maximum Gasteiger partial charge on any atom is 0.335 e.